The number of carbonyl (C=O) groups excluding carboxylic acids is 2. The van der Waals surface area contributed by atoms with Crippen molar-refractivity contribution >= 4 is 22.7 Å². The van der Waals surface area contributed by atoms with Crippen molar-refractivity contribution in [1.82, 2.24) is 9.55 Å². The number of esters is 1. The lowest BCUT2D eigenvalue weighted by molar-refractivity contribution is 0.0472. The zero-order valence-electron chi connectivity index (χ0n) is 19.1. The molecule has 2 heterocycles. The summed E-state index contributed by atoms with van der Waals surface area (Å²) in [5.41, 5.74) is 5.19. The molecule has 0 amide bonds. The van der Waals surface area contributed by atoms with E-state index >= 15 is 0 Å². The van der Waals surface area contributed by atoms with Crippen LogP contribution in [0, 0.1) is 20.8 Å². The molecular formula is C25H30N2O4. The lowest BCUT2D eigenvalue weighted by atomic mass is 10.0. The predicted molar refractivity (Wildman–Crippen MR) is 121 cm³/mol. The van der Waals surface area contributed by atoms with E-state index in [1.165, 1.54) is 0 Å². The SMILES string of the molecule is CCc1nc2ccccc2c(C)c1C(=O)OCC(=O)c1cc(C)n([C@@H](C)COC)c1C. The van der Waals surface area contributed by atoms with Gasteiger partial charge in [-0.2, -0.15) is 0 Å². The van der Waals surface area contributed by atoms with E-state index in [0.717, 1.165) is 27.9 Å². The molecule has 0 unspecified atom stereocenters. The number of benzene rings is 1. The molecular weight excluding hydrogens is 392 g/mol. The molecule has 0 aliphatic rings. The summed E-state index contributed by atoms with van der Waals surface area (Å²) < 4.78 is 12.8. The molecule has 3 rings (SSSR count). The fourth-order valence-electron chi connectivity index (χ4n) is 4.30. The van der Waals surface area contributed by atoms with Gasteiger partial charge in [0, 0.05) is 29.4 Å². The zero-order valence-corrected chi connectivity index (χ0v) is 19.1. The van der Waals surface area contributed by atoms with Crippen LogP contribution in [0.4, 0.5) is 0 Å². The highest BCUT2D eigenvalue weighted by molar-refractivity contribution is 6.02. The van der Waals surface area contributed by atoms with Crippen LogP contribution >= 0.6 is 0 Å². The van der Waals surface area contributed by atoms with Crippen LogP contribution in [0.25, 0.3) is 10.9 Å². The molecule has 0 saturated heterocycles. The maximum Gasteiger partial charge on any atom is 0.340 e. The molecule has 0 saturated carbocycles. The number of nitrogens with zero attached hydrogens (tertiary/aromatic N) is 2. The Hall–Kier alpha value is -2.99. The Morgan fingerprint density at radius 1 is 1.16 bits per heavy atom. The Morgan fingerprint density at radius 3 is 2.55 bits per heavy atom. The number of pyridine rings is 1. The molecule has 0 bridgehead atoms. The average Bonchev–Trinajstić information content (AvgIpc) is 3.05. The number of hydrogen-bond donors (Lipinski definition) is 0. The number of aromatic nitrogens is 2. The van der Waals surface area contributed by atoms with Crippen LogP contribution in [-0.4, -0.2) is 41.6 Å². The Labute approximate surface area is 183 Å². The van der Waals surface area contributed by atoms with Crippen molar-refractivity contribution in [2.45, 2.75) is 47.1 Å². The Morgan fingerprint density at radius 2 is 1.87 bits per heavy atom. The topological polar surface area (TPSA) is 70.4 Å². The molecule has 2 aromatic heterocycles. The van der Waals surface area contributed by atoms with Crippen LogP contribution in [-0.2, 0) is 15.9 Å². The fourth-order valence-corrected chi connectivity index (χ4v) is 4.30. The Balaban J connectivity index is 1.83. The zero-order chi connectivity index (χ0) is 22.7. The number of methoxy groups -OCH3 is 1. The highest BCUT2D eigenvalue weighted by atomic mass is 16.5. The first-order chi connectivity index (χ1) is 14.8. The summed E-state index contributed by atoms with van der Waals surface area (Å²) in [6, 6.07) is 9.66. The van der Waals surface area contributed by atoms with Crippen molar-refractivity contribution in [3.8, 4) is 0 Å². The minimum atomic E-state index is -0.512. The average molecular weight is 423 g/mol. The van der Waals surface area contributed by atoms with Gasteiger partial charge in [0.25, 0.3) is 0 Å². The molecule has 0 aliphatic carbocycles. The summed E-state index contributed by atoms with van der Waals surface area (Å²) in [5, 5.41) is 0.911. The second-order valence-corrected chi connectivity index (χ2v) is 7.89. The third kappa shape index (κ3) is 4.39. The smallest absolute Gasteiger partial charge is 0.340 e. The van der Waals surface area contributed by atoms with Gasteiger partial charge in [-0.3, -0.25) is 9.78 Å². The minimum absolute atomic E-state index is 0.104. The van der Waals surface area contributed by atoms with E-state index in [0.29, 0.717) is 29.8 Å². The van der Waals surface area contributed by atoms with Crippen molar-refractivity contribution in [3.05, 3.63) is 64.1 Å². The summed E-state index contributed by atoms with van der Waals surface area (Å²) in [6.45, 7) is 9.99. The third-order valence-corrected chi connectivity index (χ3v) is 5.73. The molecule has 3 aromatic rings. The van der Waals surface area contributed by atoms with Gasteiger partial charge in [-0.1, -0.05) is 25.1 Å². The van der Waals surface area contributed by atoms with Gasteiger partial charge in [0.1, 0.15) is 0 Å². The predicted octanol–water partition coefficient (Wildman–Crippen LogP) is 4.77. The summed E-state index contributed by atoms with van der Waals surface area (Å²) >= 11 is 0. The van der Waals surface area contributed by atoms with Crippen LogP contribution < -0.4 is 0 Å². The van der Waals surface area contributed by atoms with E-state index in [9.17, 15) is 9.59 Å². The molecule has 1 aromatic carbocycles. The van der Waals surface area contributed by atoms with Gasteiger partial charge in [0.2, 0.25) is 5.78 Å². The number of aryl methyl sites for hydroxylation is 3. The molecule has 0 radical (unpaired) electrons. The number of ether oxygens (including phenoxy) is 2. The van der Waals surface area contributed by atoms with Crippen LogP contribution in [0.15, 0.2) is 30.3 Å². The maximum atomic E-state index is 12.9. The summed E-state index contributed by atoms with van der Waals surface area (Å²) in [7, 11) is 1.66. The Kier molecular flexibility index (Phi) is 6.91. The van der Waals surface area contributed by atoms with Gasteiger partial charge < -0.3 is 14.0 Å². The van der Waals surface area contributed by atoms with E-state index in [-0.39, 0.29) is 18.4 Å². The molecule has 0 N–H and O–H groups in total. The van der Waals surface area contributed by atoms with E-state index < -0.39 is 5.97 Å². The molecule has 31 heavy (non-hydrogen) atoms. The maximum absolute atomic E-state index is 12.9. The summed E-state index contributed by atoms with van der Waals surface area (Å²) in [6.07, 6.45) is 0.600. The van der Waals surface area contributed by atoms with Crippen LogP contribution in [0.5, 0.6) is 0 Å². The second kappa shape index (κ2) is 9.43. The lowest BCUT2D eigenvalue weighted by Crippen LogP contribution is -2.18. The first-order valence-electron chi connectivity index (χ1n) is 10.6. The van der Waals surface area contributed by atoms with E-state index in [1.807, 2.05) is 65.0 Å². The molecule has 0 spiro atoms. The van der Waals surface area contributed by atoms with Crippen molar-refractivity contribution in [2.75, 3.05) is 20.3 Å². The number of Topliss-reactive ketones (excluding diaryl/α,β-unsaturated/α-hetero) is 1. The van der Waals surface area contributed by atoms with Crippen molar-refractivity contribution < 1.29 is 19.1 Å². The highest BCUT2D eigenvalue weighted by Crippen LogP contribution is 2.25. The van der Waals surface area contributed by atoms with Crippen molar-refractivity contribution in [3.63, 3.8) is 0 Å². The van der Waals surface area contributed by atoms with E-state index in [1.54, 1.807) is 7.11 Å². The van der Waals surface area contributed by atoms with Gasteiger partial charge in [-0.25, -0.2) is 4.79 Å². The number of para-hydroxylation sites is 1. The molecule has 6 heteroatoms. The van der Waals surface area contributed by atoms with Crippen LogP contribution in [0.2, 0.25) is 0 Å². The fraction of sp³-hybridized carbons (Fsp3) is 0.400. The monoisotopic (exact) mass is 422 g/mol. The first-order valence-corrected chi connectivity index (χ1v) is 10.6. The van der Waals surface area contributed by atoms with Gasteiger partial charge >= 0.3 is 5.97 Å². The number of ketones is 1. The van der Waals surface area contributed by atoms with Crippen LogP contribution in [0.3, 0.4) is 0 Å². The minimum Gasteiger partial charge on any atom is -0.454 e. The Bertz CT molecular complexity index is 1130. The summed E-state index contributed by atoms with van der Waals surface area (Å²) in [5.74, 6) is -0.732. The number of fused-ring (bicyclic) bond motifs is 1. The van der Waals surface area contributed by atoms with Crippen molar-refractivity contribution in [1.29, 1.82) is 0 Å². The van der Waals surface area contributed by atoms with Gasteiger partial charge in [-0.05, 0) is 51.8 Å². The standard InChI is InChI=1S/C25H30N2O4/c1-7-21-24(17(4)19-10-8-9-11-22(19)26-21)25(29)31-14-23(28)20-12-15(2)27(18(20)5)16(3)13-30-6/h8-12,16H,7,13-14H2,1-6H3/t16-/m0/s1. The second-order valence-electron chi connectivity index (χ2n) is 7.89. The van der Waals surface area contributed by atoms with E-state index in [4.69, 9.17) is 9.47 Å². The van der Waals surface area contributed by atoms with Gasteiger partial charge in [0.15, 0.2) is 6.61 Å². The van der Waals surface area contributed by atoms with E-state index in [2.05, 4.69) is 9.55 Å². The molecule has 6 nitrogen and oxygen atoms in total. The number of carbonyl (C=O) groups is 2. The highest BCUT2D eigenvalue weighted by Gasteiger charge is 2.23. The first kappa shape index (κ1) is 22.7. The molecule has 164 valence electrons. The summed E-state index contributed by atoms with van der Waals surface area (Å²) in [4.78, 5) is 30.4. The number of rotatable bonds is 8. The van der Waals surface area contributed by atoms with Gasteiger partial charge in [-0.15, -0.1) is 0 Å². The molecule has 0 aliphatic heterocycles. The lowest BCUT2D eigenvalue weighted by Gasteiger charge is -2.17. The van der Waals surface area contributed by atoms with Gasteiger partial charge in [0.05, 0.1) is 29.4 Å². The van der Waals surface area contributed by atoms with Crippen molar-refractivity contribution in [2.24, 2.45) is 0 Å². The molecule has 0 fully saturated rings. The third-order valence-electron chi connectivity index (χ3n) is 5.73. The van der Waals surface area contributed by atoms with Crippen LogP contribution in [0.1, 0.15) is 63.3 Å². The molecule has 1 atom stereocenters. The quantitative estimate of drug-likeness (QED) is 0.386. The largest absolute Gasteiger partial charge is 0.454 e. The number of hydrogen-bond acceptors (Lipinski definition) is 5. The normalized spacial score (nSPS) is 12.2.